The summed E-state index contributed by atoms with van der Waals surface area (Å²) in [4.78, 5) is 15.1. The highest BCUT2D eigenvalue weighted by atomic mass is 16.5. The molecule has 0 saturated heterocycles. The summed E-state index contributed by atoms with van der Waals surface area (Å²) < 4.78 is 5.44. The van der Waals surface area contributed by atoms with Gasteiger partial charge in [0.25, 0.3) is 0 Å². The van der Waals surface area contributed by atoms with Crippen molar-refractivity contribution in [2.75, 3.05) is 18.5 Å². The standard InChI is InChI=1S/C14H16N4O2/c15-6-7-20-12-3-1-2-11(8-12)18-13-5-4-10(9-17-13)14(16)19/h1-5,8-9H,6-7,15H2,(H2,16,19)(H,17,18). The minimum absolute atomic E-state index is 0.371. The van der Waals surface area contributed by atoms with Crippen molar-refractivity contribution in [1.29, 1.82) is 0 Å². The molecule has 0 aliphatic carbocycles. The third kappa shape index (κ3) is 3.69. The monoisotopic (exact) mass is 272 g/mol. The smallest absolute Gasteiger partial charge is 0.250 e. The van der Waals surface area contributed by atoms with Crippen molar-refractivity contribution in [2.45, 2.75) is 0 Å². The Morgan fingerprint density at radius 2 is 2.15 bits per heavy atom. The third-order valence-electron chi connectivity index (χ3n) is 2.54. The largest absolute Gasteiger partial charge is 0.492 e. The SMILES string of the molecule is NCCOc1cccc(Nc2ccc(C(N)=O)cn2)c1. The van der Waals surface area contributed by atoms with Crippen molar-refractivity contribution in [3.05, 3.63) is 48.2 Å². The predicted molar refractivity (Wildman–Crippen MR) is 77.0 cm³/mol. The second kappa shape index (κ2) is 6.53. The number of anilines is 2. The first-order valence-corrected chi connectivity index (χ1v) is 6.15. The van der Waals surface area contributed by atoms with Crippen LogP contribution in [0.4, 0.5) is 11.5 Å². The molecular weight excluding hydrogens is 256 g/mol. The zero-order chi connectivity index (χ0) is 14.4. The molecule has 0 spiro atoms. The van der Waals surface area contributed by atoms with Gasteiger partial charge in [0.15, 0.2) is 0 Å². The molecule has 2 rings (SSSR count). The van der Waals surface area contributed by atoms with Gasteiger partial charge in [0.1, 0.15) is 18.2 Å². The average molecular weight is 272 g/mol. The number of aromatic nitrogens is 1. The lowest BCUT2D eigenvalue weighted by Crippen LogP contribution is -2.11. The lowest BCUT2D eigenvalue weighted by atomic mass is 10.2. The van der Waals surface area contributed by atoms with Gasteiger partial charge < -0.3 is 21.5 Å². The van der Waals surface area contributed by atoms with Gasteiger partial charge in [0, 0.05) is 24.5 Å². The number of carbonyl (C=O) groups excluding carboxylic acids is 1. The molecule has 0 bridgehead atoms. The van der Waals surface area contributed by atoms with E-state index in [1.807, 2.05) is 24.3 Å². The molecule has 0 atom stereocenters. The first-order valence-electron chi connectivity index (χ1n) is 6.15. The van der Waals surface area contributed by atoms with Crippen LogP contribution in [0.3, 0.4) is 0 Å². The molecule has 20 heavy (non-hydrogen) atoms. The quantitative estimate of drug-likeness (QED) is 0.734. The van der Waals surface area contributed by atoms with E-state index < -0.39 is 5.91 Å². The fourth-order valence-electron chi connectivity index (χ4n) is 1.60. The van der Waals surface area contributed by atoms with E-state index in [1.165, 1.54) is 6.20 Å². The van der Waals surface area contributed by atoms with Gasteiger partial charge in [-0.1, -0.05) is 6.07 Å². The van der Waals surface area contributed by atoms with Crippen LogP contribution in [0.25, 0.3) is 0 Å². The predicted octanol–water partition coefficient (Wildman–Crippen LogP) is 1.26. The number of pyridine rings is 1. The first kappa shape index (κ1) is 13.8. The molecule has 0 fully saturated rings. The molecule has 5 N–H and O–H groups in total. The van der Waals surface area contributed by atoms with Crippen molar-refractivity contribution in [1.82, 2.24) is 4.98 Å². The Morgan fingerprint density at radius 3 is 2.80 bits per heavy atom. The number of carbonyl (C=O) groups is 1. The first-order chi connectivity index (χ1) is 9.69. The van der Waals surface area contributed by atoms with E-state index >= 15 is 0 Å². The van der Waals surface area contributed by atoms with Crippen LogP contribution in [0.5, 0.6) is 5.75 Å². The molecule has 1 aromatic carbocycles. The van der Waals surface area contributed by atoms with Crippen molar-refractivity contribution >= 4 is 17.4 Å². The Labute approximate surface area is 116 Å². The van der Waals surface area contributed by atoms with E-state index in [4.69, 9.17) is 16.2 Å². The number of nitrogens with two attached hydrogens (primary N) is 2. The second-order valence-electron chi connectivity index (χ2n) is 4.09. The molecule has 6 nitrogen and oxygen atoms in total. The molecule has 1 aromatic heterocycles. The average Bonchev–Trinajstić information content (AvgIpc) is 2.46. The maximum Gasteiger partial charge on any atom is 0.250 e. The van der Waals surface area contributed by atoms with Crippen molar-refractivity contribution < 1.29 is 9.53 Å². The van der Waals surface area contributed by atoms with Crippen LogP contribution in [0.2, 0.25) is 0 Å². The van der Waals surface area contributed by atoms with E-state index in [0.29, 0.717) is 24.5 Å². The summed E-state index contributed by atoms with van der Waals surface area (Å²) in [7, 11) is 0. The lowest BCUT2D eigenvalue weighted by Gasteiger charge is -2.09. The molecule has 104 valence electrons. The zero-order valence-corrected chi connectivity index (χ0v) is 10.9. The van der Waals surface area contributed by atoms with Gasteiger partial charge in [-0.15, -0.1) is 0 Å². The number of nitrogens with zero attached hydrogens (tertiary/aromatic N) is 1. The van der Waals surface area contributed by atoms with Crippen LogP contribution < -0.4 is 21.5 Å². The van der Waals surface area contributed by atoms with Crippen molar-refractivity contribution in [3.63, 3.8) is 0 Å². The second-order valence-corrected chi connectivity index (χ2v) is 4.09. The van der Waals surface area contributed by atoms with Gasteiger partial charge in [0.05, 0.1) is 5.56 Å². The maximum absolute atomic E-state index is 11.0. The number of hydrogen-bond acceptors (Lipinski definition) is 5. The number of primary amides is 1. The van der Waals surface area contributed by atoms with Crippen LogP contribution in [0.15, 0.2) is 42.6 Å². The third-order valence-corrected chi connectivity index (χ3v) is 2.54. The van der Waals surface area contributed by atoms with E-state index in [1.54, 1.807) is 12.1 Å². The minimum Gasteiger partial charge on any atom is -0.492 e. The van der Waals surface area contributed by atoms with Gasteiger partial charge in [-0.25, -0.2) is 4.98 Å². The molecule has 1 heterocycles. The van der Waals surface area contributed by atoms with Gasteiger partial charge in [-0.05, 0) is 24.3 Å². The number of rotatable bonds is 6. The summed E-state index contributed by atoms with van der Waals surface area (Å²) in [6, 6.07) is 10.8. The number of ether oxygens (including phenoxy) is 1. The molecule has 0 radical (unpaired) electrons. The normalized spacial score (nSPS) is 10.1. The van der Waals surface area contributed by atoms with Crippen LogP contribution >= 0.6 is 0 Å². The lowest BCUT2D eigenvalue weighted by molar-refractivity contribution is 0.1000. The fraction of sp³-hybridized carbons (Fsp3) is 0.143. The Bertz CT molecular complexity index is 584. The van der Waals surface area contributed by atoms with E-state index in [-0.39, 0.29) is 0 Å². The zero-order valence-electron chi connectivity index (χ0n) is 10.9. The highest BCUT2D eigenvalue weighted by Gasteiger charge is 2.02. The number of amides is 1. The summed E-state index contributed by atoms with van der Waals surface area (Å²) in [6.07, 6.45) is 1.43. The molecule has 6 heteroatoms. The molecule has 0 aliphatic heterocycles. The van der Waals surface area contributed by atoms with Crippen LogP contribution in [-0.4, -0.2) is 24.0 Å². The van der Waals surface area contributed by atoms with E-state index in [2.05, 4.69) is 10.3 Å². The summed E-state index contributed by atoms with van der Waals surface area (Å²) in [5, 5.41) is 3.11. The highest BCUT2D eigenvalue weighted by Crippen LogP contribution is 2.20. The van der Waals surface area contributed by atoms with Crippen LogP contribution in [0.1, 0.15) is 10.4 Å². The minimum atomic E-state index is -0.499. The summed E-state index contributed by atoms with van der Waals surface area (Å²) in [5.41, 5.74) is 11.7. The summed E-state index contributed by atoms with van der Waals surface area (Å²) >= 11 is 0. The highest BCUT2D eigenvalue weighted by molar-refractivity contribution is 5.92. The molecular formula is C14H16N4O2. The molecule has 2 aromatic rings. The van der Waals surface area contributed by atoms with Crippen molar-refractivity contribution in [2.24, 2.45) is 11.5 Å². The number of nitrogens with one attached hydrogen (secondary N) is 1. The summed E-state index contributed by atoms with van der Waals surface area (Å²) in [5.74, 6) is 0.849. The van der Waals surface area contributed by atoms with E-state index in [0.717, 1.165) is 11.4 Å². The topological polar surface area (TPSA) is 103 Å². The fourth-order valence-corrected chi connectivity index (χ4v) is 1.60. The van der Waals surface area contributed by atoms with Crippen LogP contribution in [0, 0.1) is 0 Å². The Kier molecular flexibility index (Phi) is 4.52. The Balaban J connectivity index is 2.07. The van der Waals surface area contributed by atoms with Crippen LogP contribution in [-0.2, 0) is 0 Å². The number of benzene rings is 1. The van der Waals surface area contributed by atoms with Gasteiger partial charge in [0.2, 0.25) is 5.91 Å². The van der Waals surface area contributed by atoms with Crippen molar-refractivity contribution in [3.8, 4) is 5.75 Å². The molecule has 1 amide bonds. The summed E-state index contributed by atoms with van der Waals surface area (Å²) in [6.45, 7) is 0.933. The Morgan fingerprint density at radius 1 is 1.30 bits per heavy atom. The molecule has 0 aliphatic rings. The van der Waals surface area contributed by atoms with E-state index in [9.17, 15) is 4.79 Å². The van der Waals surface area contributed by atoms with Gasteiger partial charge >= 0.3 is 0 Å². The molecule has 0 unspecified atom stereocenters. The Hall–Kier alpha value is -2.60. The van der Waals surface area contributed by atoms with Gasteiger partial charge in [-0.2, -0.15) is 0 Å². The number of hydrogen-bond donors (Lipinski definition) is 3. The maximum atomic E-state index is 11.0. The molecule has 0 saturated carbocycles. The van der Waals surface area contributed by atoms with Gasteiger partial charge in [-0.3, -0.25) is 4.79 Å².